The second kappa shape index (κ2) is 11.4. The normalized spacial score (nSPS) is 16.0. The molecule has 9 heteroatoms. The van der Waals surface area contributed by atoms with Gasteiger partial charge in [-0.25, -0.2) is 13.1 Å². The number of rotatable bonds is 9. The van der Waals surface area contributed by atoms with Crippen LogP contribution in [-0.4, -0.2) is 60.5 Å². The molecule has 1 aliphatic rings. The van der Waals surface area contributed by atoms with E-state index in [1.165, 1.54) is 6.42 Å². The van der Waals surface area contributed by atoms with Crippen LogP contribution in [0.5, 0.6) is 0 Å². The summed E-state index contributed by atoms with van der Waals surface area (Å²) < 4.78 is 31.1. The Bertz CT molecular complexity index is 399. The van der Waals surface area contributed by atoms with Gasteiger partial charge in [0.15, 0.2) is 5.96 Å². The van der Waals surface area contributed by atoms with Crippen molar-refractivity contribution >= 4 is 40.0 Å². The van der Waals surface area contributed by atoms with E-state index in [0.717, 1.165) is 12.8 Å². The maximum absolute atomic E-state index is 11.8. The second-order valence-electron chi connectivity index (χ2n) is 4.88. The molecule has 1 saturated carbocycles. The third kappa shape index (κ3) is 9.48. The van der Waals surface area contributed by atoms with Gasteiger partial charge in [0, 0.05) is 33.8 Å². The molecule has 21 heavy (non-hydrogen) atoms. The van der Waals surface area contributed by atoms with Gasteiger partial charge in [0.1, 0.15) is 0 Å². The predicted octanol–water partition coefficient (Wildman–Crippen LogP) is 0.135. The maximum Gasteiger partial charge on any atom is 0.213 e. The van der Waals surface area contributed by atoms with Gasteiger partial charge in [0.2, 0.25) is 10.0 Å². The van der Waals surface area contributed by atoms with Crippen LogP contribution in [0.25, 0.3) is 0 Å². The highest BCUT2D eigenvalue weighted by Gasteiger charge is 2.19. The van der Waals surface area contributed by atoms with Crippen LogP contribution in [0.4, 0.5) is 0 Å². The molecule has 0 aromatic rings. The molecule has 0 spiro atoms. The molecule has 7 nitrogen and oxygen atoms in total. The van der Waals surface area contributed by atoms with Crippen LogP contribution in [0.1, 0.15) is 19.3 Å². The molecule has 0 atom stereocenters. The fourth-order valence-electron chi connectivity index (χ4n) is 1.81. The van der Waals surface area contributed by atoms with Crippen molar-refractivity contribution in [3.05, 3.63) is 0 Å². The number of nitrogens with one attached hydrogen (secondary N) is 3. The Morgan fingerprint density at radius 1 is 1.29 bits per heavy atom. The number of methoxy groups -OCH3 is 1. The van der Waals surface area contributed by atoms with E-state index in [4.69, 9.17) is 4.74 Å². The quantitative estimate of drug-likeness (QED) is 0.208. The molecule has 0 aliphatic heterocycles. The van der Waals surface area contributed by atoms with Crippen molar-refractivity contribution in [2.45, 2.75) is 19.3 Å². The number of sulfonamides is 1. The Hall–Kier alpha value is -0.130. The van der Waals surface area contributed by atoms with E-state index < -0.39 is 10.0 Å². The molecule has 1 aliphatic carbocycles. The Morgan fingerprint density at radius 3 is 2.48 bits per heavy atom. The minimum Gasteiger partial charge on any atom is -0.383 e. The number of nitrogens with zero attached hydrogens (tertiary/aromatic N) is 1. The van der Waals surface area contributed by atoms with Crippen molar-refractivity contribution in [1.29, 1.82) is 0 Å². The third-order valence-electron chi connectivity index (χ3n) is 3.30. The van der Waals surface area contributed by atoms with Gasteiger partial charge >= 0.3 is 0 Å². The zero-order valence-corrected chi connectivity index (χ0v) is 15.9. The first kappa shape index (κ1) is 20.9. The van der Waals surface area contributed by atoms with Crippen molar-refractivity contribution in [3.8, 4) is 0 Å². The third-order valence-corrected chi connectivity index (χ3v) is 4.65. The van der Waals surface area contributed by atoms with E-state index >= 15 is 0 Å². The largest absolute Gasteiger partial charge is 0.383 e. The van der Waals surface area contributed by atoms with E-state index in [9.17, 15) is 8.42 Å². The molecule has 1 fully saturated rings. The monoisotopic (exact) mass is 434 g/mol. The van der Waals surface area contributed by atoms with E-state index in [0.29, 0.717) is 38.1 Å². The molecule has 0 bridgehead atoms. The lowest BCUT2D eigenvalue weighted by molar-refractivity contribution is 0.203. The van der Waals surface area contributed by atoms with Crippen LogP contribution >= 0.6 is 24.0 Å². The Labute approximate surface area is 144 Å². The summed E-state index contributed by atoms with van der Waals surface area (Å²) >= 11 is 0. The molecule has 3 N–H and O–H groups in total. The van der Waals surface area contributed by atoms with Gasteiger partial charge in [0.25, 0.3) is 0 Å². The van der Waals surface area contributed by atoms with Crippen molar-refractivity contribution in [1.82, 2.24) is 15.4 Å². The van der Waals surface area contributed by atoms with Gasteiger partial charge in [-0.1, -0.05) is 6.42 Å². The molecule has 0 radical (unpaired) electrons. The highest BCUT2D eigenvalue weighted by Crippen LogP contribution is 2.25. The van der Waals surface area contributed by atoms with Gasteiger partial charge in [0.05, 0.1) is 12.4 Å². The topological polar surface area (TPSA) is 91.8 Å². The molecule has 0 heterocycles. The Morgan fingerprint density at radius 2 is 1.95 bits per heavy atom. The van der Waals surface area contributed by atoms with Crippen molar-refractivity contribution < 1.29 is 13.2 Å². The van der Waals surface area contributed by atoms with Gasteiger partial charge < -0.3 is 15.4 Å². The standard InChI is InChI=1S/C12H26N4O3S.HI/c1-13-12(14-6-8-19-2)15-7-9-20(17,18)16-10-11-4-3-5-11;/h11,16H,3-10H2,1-2H3,(H2,13,14,15);1H. The number of hydrogen-bond donors (Lipinski definition) is 3. The minimum atomic E-state index is -3.20. The molecular weight excluding hydrogens is 407 g/mol. The number of hydrogen-bond acceptors (Lipinski definition) is 4. The summed E-state index contributed by atoms with van der Waals surface area (Å²) in [7, 11) is 0.0657. The van der Waals surface area contributed by atoms with Crippen LogP contribution < -0.4 is 15.4 Å². The summed E-state index contributed by atoms with van der Waals surface area (Å²) in [4.78, 5) is 4.00. The lowest BCUT2D eigenvalue weighted by Crippen LogP contribution is -2.42. The molecule has 0 aromatic heterocycles. The summed E-state index contributed by atoms with van der Waals surface area (Å²) in [6, 6.07) is 0. The van der Waals surface area contributed by atoms with Gasteiger partial charge in [-0.2, -0.15) is 0 Å². The van der Waals surface area contributed by atoms with Crippen LogP contribution in [0.3, 0.4) is 0 Å². The van der Waals surface area contributed by atoms with Gasteiger partial charge in [-0.15, -0.1) is 24.0 Å². The van der Waals surface area contributed by atoms with Crippen LogP contribution in [0.15, 0.2) is 4.99 Å². The first-order chi connectivity index (χ1) is 9.57. The minimum absolute atomic E-state index is 0. The fourth-order valence-corrected chi connectivity index (χ4v) is 2.81. The molecule has 1 rings (SSSR count). The smallest absolute Gasteiger partial charge is 0.213 e. The van der Waals surface area contributed by atoms with E-state index in [1.54, 1.807) is 14.2 Å². The summed E-state index contributed by atoms with van der Waals surface area (Å²) in [5, 5.41) is 5.99. The first-order valence-corrected chi connectivity index (χ1v) is 8.63. The average Bonchev–Trinajstić information content (AvgIpc) is 2.35. The Kier molecular flexibility index (Phi) is 11.4. The van der Waals surface area contributed by atoms with E-state index in [1.807, 2.05) is 0 Å². The summed E-state index contributed by atoms with van der Waals surface area (Å²) in [6.45, 7) is 2.10. The van der Waals surface area contributed by atoms with E-state index in [-0.39, 0.29) is 29.7 Å². The van der Waals surface area contributed by atoms with Gasteiger partial charge in [-0.05, 0) is 18.8 Å². The second-order valence-corrected chi connectivity index (χ2v) is 6.81. The highest BCUT2D eigenvalue weighted by molar-refractivity contribution is 14.0. The van der Waals surface area contributed by atoms with Crippen molar-refractivity contribution in [2.75, 3.05) is 46.2 Å². The number of halogens is 1. The summed E-state index contributed by atoms with van der Waals surface area (Å²) in [5.41, 5.74) is 0. The lowest BCUT2D eigenvalue weighted by atomic mass is 9.86. The van der Waals surface area contributed by atoms with Crippen LogP contribution in [-0.2, 0) is 14.8 Å². The lowest BCUT2D eigenvalue weighted by Gasteiger charge is -2.25. The molecule has 0 amide bonds. The summed E-state index contributed by atoms with van der Waals surface area (Å²) in [6.07, 6.45) is 3.49. The Balaban J connectivity index is 0.00000400. The van der Waals surface area contributed by atoms with E-state index in [2.05, 4.69) is 20.3 Å². The number of guanidine groups is 1. The van der Waals surface area contributed by atoms with Crippen molar-refractivity contribution in [2.24, 2.45) is 10.9 Å². The molecule has 126 valence electrons. The highest BCUT2D eigenvalue weighted by atomic mass is 127. The van der Waals surface area contributed by atoms with Gasteiger partial charge in [-0.3, -0.25) is 4.99 Å². The zero-order chi connectivity index (χ0) is 14.8. The van der Waals surface area contributed by atoms with Crippen LogP contribution in [0.2, 0.25) is 0 Å². The SMILES string of the molecule is CN=C(NCCOC)NCCS(=O)(=O)NCC1CCC1.I. The fraction of sp³-hybridized carbons (Fsp3) is 0.917. The number of ether oxygens (including phenoxy) is 1. The average molecular weight is 434 g/mol. The molecule has 0 saturated heterocycles. The zero-order valence-electron chi connectivity index (χ0n) is 12.7. The molecule has 0 unspecified atom stereocenters. The first-order valence-electron chi connectivity index (χ1n) is 6.98. The molecular formula is C12H27IN4O3S. The maximum atomic E-state index is 11.8. The van der Waals surface area contributed by atoms with Crippen LogP contribution in [0, 0.1) is 5.92 Å². The summed E-state index contributed by atoms with van der Waals surface area (Å²) in [5.74, 6) is 1.16. The van der Waals surface area contributed by atoms with Crippen molar-refractivity contribution in [3.63, 3.8) is 0 Å². The number of aliphatic imine (C=N–C) groups is 1. The molecule has 0 aromatic carbocycles. The predicted molar refractivity (Wildman–Crippen MR) is 95.8 cm³/mol.